The number of hydrogen-bond acceptors (Lipinski definition) is 4. The number of aromatic nitrogens is 3. The van der Waals surface area contributed by atoms with Gasteiger partial charge in [-0.25, -0.2) is 9.67 Å². The van der Waals surface area contributed by atoms with Crippen LogP contribution in [0, 0.1) is 0 Å². The van der Waals surface area contributed by atoms with Gasteiger partial charge in [-0.2, -0.15) is 0 Å². The molecule has 0 aliphatic carbocycles. The normalized spacial score (nSPS) is 17.3. The van der Waals surface area contributed by atoms with Gasteiger partial charge in [-0.3, -0.25) is 0 Å². The summed E-state index contributed by atoms with van der Waals surface area (Å²) >= 11 is 0. The molecular weight excluding hydrogens is 264 g/mol. The fourth-order valence-electron chi connectivity index (χ4n) is 2.92. The topological polar surface area (TPSA) is 52.0 Å². The SMILES string of the molecule is COc1ccc(C2CCNc3c4cccnc4nn32)cc1. The first-order valence-electron chi connectivity index (χ1n) is 7.08. The first kappa shape index (κ1) is 12.2. The van der Waals surface area contributed by atoms with E-state index in [0.717, 1.165) is 35.6 Å². The maximum Gasteiger partial charge on any atom is 0.183 e. The molecular formula is C16H16N4O. The van der Waals surface area contributed by atoms with Gasteiger partial charge in [-0.05, 0) is 36.2 Å². The van der Waals surface area contributed by atoms with Gasteiger partial charge in [-0.1, -0.05) is 12.1 Å². The Kier molecular flexibility index (Phi) is 2.77. The summed E-state index contributed by atoms with van der Waals surface area (Å²) in [6, 6.07) is 12.5. The molecule has 1 aliphatic heterocycles. The van der Waals surface area contributed by atoms with Crippen molar-refractivity contribution in [1.82, 2.24) is 14.8 Å². The molecule has 0 saturated heterocycles. The van der Waals surface area contributed by atoms with Crippen LogP contribution in [0.1, 0.15) is 18.0 Å². The predicted octanol–water partition coefficient (Wildman–Crippen LogP) is 2.84. The van der Waals surface area contributed by atoms with Crippen molar-refractivity contribution in [2.24, 2.45) is 0 Å². The first-order chi connectivity index (χ1) is 10.4. The van der Waals surface area contributed by atoms with E-state index in [9.17, 15) is 0 Å². The summed E-state index contributed by atoms with van der Waals surface area (Å²) in [6.45, 7) is 0.937. The summed E-state index contributed by atoms with van der Waals surface area (Å²) in [5.41, 5.74) is 2.03. The standard InChI is InChI=1S/C16H16N4O/c1-21-12-6-4-11(5-7-12)14-8-10-18-16-13-3-2-9-17-15(13)19-20(14)16/h2-7,9,14,18H,8,10H2,1H3. The van der Waals surface area contributed by atoms with E-state index in [1.165, 1.54) is 5.56 Å². The van der Waals surface area contributed by atoms with Crippen LogP contribution in [0.25, 0.3) is 11.0 Å². The highest BCUT2D eigenvalue weighted by molar-refractivity contribution is 5.87. The van der Waals surface area contributed by atoms with Crippen molar-refractivity contribution in [2.75, 3.05) is 19.0 Å². The average Bonchev–Trinajstić information content (AvgIpc) is 2.94. The van der Waals surface area contributed by atoms with E-state index in [1.807, 2.05) is 18.2 Å². The Morgan fingerprint density at radius 3 is 2.90 bits per heavy atom. The monoisotopic (exact) mass is 280 g/mol. The van der Waals surface area contributed by atoms with Gasteiger partial charge in [0.25, 0.3) is 0 Å². The number of anilines is 1. The zero-order valence-corrected chi connectivity index (χ0v) is 11.8. The largest absolute Gasteiger partial charge is 0.497 e. The fraction of sp³-hybridized carbons (Fsp3) is 0.250. The van der Waals surface area contributed by atoms with E-state index in [4.69, 9.17) is 4.74 Å². The number of nitrogens with zero attached hydrogens (tertiary/aromatic N) is 3. The van der Waals surface area contributed by atoms with E-state index >= 15 is 0 Å². The lowest BCUT2D eigenvalue weighted by Gasteiger charge is -2.26. The summed E-state index contributed by atoms with van der Waals surface area (Å²) in [5, 5.41) is 9.19. The summed E-state index contributed by atoms with van der Waals surface area (Å²) < 4.78 is 7.29. The third kappa shape index (κ3) is 1.93. The molecule has 3 heterocycles. The molecule has 0 fully saturated rings. The third-order valence-corrected chi connectivity index (χ3v) is 3.98. The van der Waals surface area contributed by atoms with Gasteiger partial charge in [-0.15, -0.1) is 5.10 Å². The molecule has 0 radical (unpaired) electrons. The van der Waals surface area contributed by atoms with Crippen molar-refractivity contribution in [3.63, 3.8) is 0 Å². The molecule has 4 rings (SSSR count). The molecule has 1 aromatic carbocycles. The van der Waals surface area contributed by atoms with Crippen LogP contribution in [0.2, 0.25) is 0 Å². The minimum atomic E-state index is 0.237. The Labute approximate surface area is 122 Å². The Bertz CT molecular complexity index is 779. The highest BCUT2D eigenvalue weighted by atomic mass is 16.5. The van der Waals surface area contributed by atoms with Gasteiger partial charge in [0, 0.05) is 12.7 Å². The highest BCUT2D eigenvalue weighted by Crippen LogP contribution is 2.34. The number of ether oxygens (including phenoxy) is 1. The van der Waals surface area contributed by atoms with Crippen LogP contribution in [0.5, 0.6) is 5.75 Å². The van der Waals surface area contributed by atoms with Gasteiger partial charge in [0.1, 0.15) is 11.6 Å². The van der Waals surface area contributed by atoms with Gasteiger partial charge in [0.2, 0.25) is 0 Å². The average molecular weight is 280 g/mol. The molecule has 21 heavy (non-hydrogen) atoms. The summed E-state index contributed by atoms with van der Waals surface area (Å²) in [5.74, 6) is 1.94. The van der Waals surface area contributed by atoms with Crippen LogP contribution in [-0.2, 0) is 0 Å². The number of hydrogen-bond donors (Lipinski definition) is 1. The summed E-state index contributed by atoms with van der Waals surface area (Å²) in [6.07, 6.45) is 2.79. The van der Waals surface area contributed by atoms with Crippen LogP contribution >= 0.6 is 0 Å². The summed E-state index contributed by atoms with van der Waals surface area (Å²) in [4.78, 5) is 4.35. The van der Waals surface area contributed by atoms with Crippen molar-refractivity contribution in [3.05, 3.63) is 48.2 Å². The zero-order chi connectivity index (χ0) is 14.2. The lowest BCUT2D eigenvalue weighted by Crippen LogP contribution is -2.24. The summed E-state index contributed by atoms with van der Waals surface area (Å²) in [7, 11) is 1.68. The number of benzene rings is 1. The van der Waals surface area contributed by atoms with Gasteiger partial charge >= 0.3 is 0 Å². The van der Waals surface area contributed by atoms with Crippen LogP contribution < -0.4 is 10.1 Å². The number of rotatable bonds is 2. The second kappa shape index (κ2) is 4.77. The number of fused-ring (bicyclic) bond motifs is 3. The number of nitrogens with one attached hydrogen (secondary N) is 1. The molecule has 0 bridgehead atoms. The molecule has 106 valence electrons. The second-order valence-corrected chi connectivity index (χ2v) is 5.17. The molecule has 0 spiro atoms. The van der Waals surface area contributed by atoms with Gasteiger partial charge in [0.05, 0.1) is 18.5 Å². The Balaban J connectivity index is 1.82. The van der Waals surface area contributed by atoms with E-state index in [0.29, 0.717) is 0 Å². The Morgan fingerprint density at radius 2 is 2.10 bits per heavy atom. The van der Waals surface area contributed by atoms with Crippen molar-refractivity contribution in [3.8, 4) is 5.75 Å². The molecule has 1 unspecified atom stereocenters. The molecule has 2 aromatic heterocycles. The van der Waals surface area contributed by atoms with E-state index < -0.39 is 0 Å². The third-order valence-electron chi connectivity index (χ3n) is 3.98. The van der Waals surface area contributed by atoms with Crippen molar-refractivity contribution >= 4 is 16.9 Å². The van der Waals surface area contributed by atoms with Crippen molar-refractivity contribution in [2.45, 2.75) is 12.5 Å². The maximum absolute atomic E-state index is 5.23. The number of methoxy groups -OCH3 is 1. The Morgan fingerprint density at radius 1 is 1.24 bits per heavy atom. The molecule has 1 aliphatic rings. The molecule has 5 heteroatoms. The van der Waals surface area contributed by atoms with E-state index in [2.05, 4.69) is 38.3 Å². The van der Waals surface area contributed by atoms with Crippen LogP contribution in [0.15, 0.2) is 42.6 Å². The first-order valence-corrected chi connectivity index (χ1v) is 7.08. The van der Waals surface area contributed by atoms with Crippen molar-refractivity contribution < 1.29 is 4.74 Å². The van der Waals surface area contributed by atoms with E-state index in [1.54, 1.807) is 13.3 Å². The number of pyridine rings is 1. The van der Waals surface area contributed by atoms with Crippen LogP contribution in [0.4, 0.5) is 5.82 Å². The maximum atomic E-state index is 5.23. The Hall–Kier alpha value is -2.56. The lowest BCUT2D eigenvalue weighted by molar-refractivity contribution is 0.414. The van der Waals surface area contributed by atoms with E-state index in [-0.39, 0.29) is 6.04 Å². The molecule has 0 saturated carbocycles. The predicted molar refractivity (Wildman–Crippen MR) is 81.8 cm³/mol. The van der Waals surface area contributed by atoms with Gasteiger partial charge in [0.15, 0.2) is 5.65 Å². The quantitative estimate of drug-likeness (QED) is 0.784. The smallest absolute Gasteiger partial charge is 0.183 e. The lowest BCUT2D eigenvalue weighted by atomic mass is 10.0. The minimum absolute atomic E-state index is 0.237. The zero-order valence-electron chi connectivity index (χ0n) is 11.8. The molecule has 1 atom stereocenters. The second-order valence-electron chi connectivity index (χ2n) is 5.17. The van der Waals surface area contributed by atoms with Crippen LogP contribution in [0.3, 0.4) is 0 Å². The molecule has 3 aromatic rings. The molecule has 5 nitrogen and oxygen atoms in total. The van der Waals surface area contributed by atoms with Crippen molar-refractivity contribution in [1.29, 1.82) is 0 Å². The molecule has 1 N–H and O–H groups in total. The van der Waals surface area contributed by atoms with Gasteiger partial charge < -0.3 is 10.1 Å². The van der Waals surface area contributed by atoms with Crippen LogP contribution in [-0.4, -0.2) is 28.4 Å². The fourth-order valence-corrected chi connectivity index (χ4v) is 2.92. The minimum Gasteiger partial charge on any atom is -0.497 e. The molecule has 0 amide bonds. The highest BCUT2D eigenvalue weighted by Gasteiger charge is 2.24.